The van der Waals surface area contributed by atoms with E-state index in [0.29, 0.717) is 11.2 Å². The summed E-state index contributed by atoms with van der Waals surface area (Å²) in [6.07, 6.45) is 13.4. The SMILES string of the molecule is CCC[CH2][Sn]([CH2]CCC)([CH2]CCC)[c]1c(C#N)c2cc(Cl)ncc2n1C1CCC1. The molecule has 2 aromatic heterocycles. The molecule has 1 saturated carbocycles. The second-order valence-electron chi connectivity index (χ2n) is 8.91. The number of hydrogen-bond donors (Lipinski definition) is 0. The Labute approximate surface area is 185 Å². The minimum atomic E-state index is -2.79. The van der Waals surface area contributed by atoms with Crippen molar-refractivity contribution in [2.75, 3.05) is 0 Å². The number of nitriles is 1. The van der Waals surface area contributed by atoms with Crippen molar-refractivity contribution in [2.24, 2.45) is 0 Å². The minimum absolute atomic E-state index is 0.503. The molecule has 1 fully saturated rings. The van der Waals surface area contributed by atoms with Gasteiger partial charge in [-0.25, -0.2) is 0 Å². The molecule has 0 saturated heterocycles. The zero-order valence-corrected chi connectivity index (χ0v) is 22.0. The molecule has 0 N–H and O–H groups in total. The van der Waals surface area contributed by atoms with Gasteiger partial charge in [0.25, 0.3) is 0 Å². The van der Waals surface area contributed by atoms with Crippen LogP contribution in [0.15, 0.2) is 12.3 Å². The molecule has 0 aromatic carbocycles. The summed E-state index contributed by atoms with van der Waals surface area (Å²) in [5.74, 6) is 0. The summed E-state index contributed by atoms with van der Waals surface area (Å²) in [6.45, 7) is 6.94. The van der Waals surface area contributed by atoms with Crippen LogP contribution in [-0.2, 0) is 0 Å². The van der Waals surface area contributed by atoms with Crippen molar-refractivity contribution in [3.63, 3.8) is 0 Å². The number of pyridine rings is 1. The van der Waals surface area contributed by atoms with Crippen molar-refractivity contribution in [3.8, 4) is 6.07 Å². The zero-order valence-electron chi connectivity index (χ0n) is 18.4. The van der Waals surface area contributed by atoms with Crippen molar-refractivity contribution in [3.05, 3.63) is 23.0 Å². The molecule has 0 aliphatic heterocycles. The predicted octanol–water partition coefficient (Wildman–Crippen LogP) is 7.34. The first-order valence-corrected chi connectivity index (χ1v) is 19.6. The van der Waals surface area contributed by atoms with Crippen LogP contribution in [0, 0.1) is 11.3 Å². The molecule has 0 radical (unpaired) electrons. The summed E-state index contributed by atoms with van der Waals surface area (Å²) in [5, 5.41) is 11.9. The summed E-state index contributed by atoms with van der Waals surface area (Å²) >= 11 is 3.50. The van der Waals surface area contributed by atoms with Gasteiger partial charge in [0.2, 0.25) is 0 Å². The van der Waals surface area contributed by atoms with E-state index in [4.69, 9.17) is 11.6 Å². The molecule has 158 valence electrons. The Morgan fingerprint density at radius 1 is 1.10 bits per heavy atom. The molecule has 2 aromatic rings. The van der Waals surface area contributed by atoms with Crippen LogP contribution in [0.1, 0.15) is 90.2 Å². The van der Waals surface area contributed by atoms with E-state index < -0.39 is 18.4 Å². The Kier molecular flexibility index (Phi) is 8.33. The first-order chi connectivity index (χ1) is 14.1. The summed E-state index contributed by atoms with van der Waals surface area (Å²) < 4.78 is 8.27. The molecule has 0 bridgehead atoms. The van der Waals surface area contributed by atoms with Gasteiger partial charge >= 0.3 is 186 Å². The van der Waals surface area contributed by atoms with E-state index in [1.165, 1.54) is 74.8 Å². The van der Waals surface area contributed by atoms with Gasteiger partial charge in [0.15, 0.2) is 0 Å². The summed E-state index contributed by atoms with van der Waals surface area (Å²) in [6, 6.07) is 5.17. The zero-order chi connectivity index (χ0) is 20.9. The Hall–Kier alpha value is -0.731. The molecule has 0 spiro atoms. The van der Waals surface area contributed by atoms with Gasteiger partial charge in [-0.15, -0.1) is 0 Å². The van der Waals surface area contributed by atoms with Crippen LogP contribution in [0.2, 0.25) is 18.5 Å². The normalized spacial score (nSPS) is 14.9. The van der Waals surface area contributed by atoms with E-state index in [1.54, 1.807) is 0 Å². The van der Waals surface area contributed by atoms with Gasteiger partial charge in [0.1, 0.15) is 0 Å². The standard InChI is InChI=1S/C12H9ClN3.3C4H9.Sn/c13-12-4-10-8(5-14)7-16(9-2-1-3-9)11(10)6-15-12;3*1-3-4-2;/h4,6,9H,1-3H2;3*1,3-4H2,2H3;. The van der Waals surface area contributed by atoms with Crippen LogP contribution in [-0.4, -0.2) is 27.9 Å². The average Bonchev–Trinajstić information content (AvgIpc) is 3.00. The molecule has 0 unspecified atom stereocenters. The van der Waals surface area contributed by atoms with Gasteiger partial charge in [0.05, 0.1) is 0 Å². The fourth-order valence-corrected chi connectivity index (χ4v) is 22.6. The number of nitrogens with zero attached hydrogens (tertiary/aromatic N) is 3. The number of fused-ring (bicyclic) bond motifs is 1. The average molecular weight is 521 g/mol. The quantitative estimate of drug-likeness (QED) is 0.230. The van der Waals surface area contributed by atoms with Crippen LogP contribution in [0.25, 0.3) is 10.9 Å². The maximum atomic E-state index is 10.3. The summed E-state index contributed by atoms with van der Waals surface area (Å²) in [4.78, 5) is 4.42. The third-order valence-corrected chi connectivity index (χ3v) is 22.6. The van der Waals surface area contributed by atoms with E-state index in [9.17, 15) is 5.26 Å². The maximum absolute atomic E-state index is 10.3. The molecular weight excluding hydrogens is 484 g/mol. The van der Waals surface area contributed by atoms with Crippen LogP contribution >= 0.6 is 11.6 Å². The van der Waals surface area contributed by atoms with Gasteiger partial charge in [-0.1, -0.05) is 0 Å². The molecule has 1 aliphatic carbocycles. The second kappa shape index (κ2) is 10.5. The van der Waals surface area contributed by atoms with Crippen LogP contribution in [0.3, 0.4) is 0 Å². The van der Waals surface area contributed by atoms with Crippen LogP contribution in [0.5, 0.6) is 0 Å². The molecule has 2 heterocycles. The Morgan fingerprint density at radius 3 is 2.14 bits per heavy atom. The number of hydrogen-bond acceptors (Lipinski definition) is 2. The van der Waals surface area contributed by atoms with Gasteiger partial charge in [-0.2, -0.15) is 0 Å². The van der Waals surface area contributed by atoms with Crippen molar-refractivity contribution in [1.82, 2.24) is 9.55 Å². The van der Waals surface area contributed by atoms with E-state index in [-0.39, 0.29) is 0 Å². The Morgan fingerprint density at radius 2 is 1.69 bits per heavy atom. The monoisotopic (exact) mass is 521 g/mol. The Bertz CT molecular complexity index is 841. The first kappa shape index (κ1) is 22.9. The van der Waals surface area contributed by atoms with Gasteiger partial charge in [0, 0.05) is 0 Å². The fraction of sp³-hybridized carbons (Fsp3) is 0.667. The number of halogens is 1. The van der Waals surface area contributed by atoms with E-state index >= 15 is 0 Å². The molecule has 29 heavy (non-hydrogen) atoms. The molecule has 0 atom stereocenters. The third-order valence-electron chi connectivity index (χ3n) is 6.94. The van der Waals surface area contributed by atoms with Crippen molar-refractivity contribution < 1.29 is 0 Å². The molecule has 1 aliphatic rings. The van der Waals surface area contributed by atoms with E-state index in [2.05, 4.69) is 36.4 Å². The third kappa shape index (κ3) is 4.64. The number of aromatic nitrogens is 2. The number of rotatable bonds is 11. The predicted molar refractivity (Wildman–Crippen MR) is 127 cm³/mol. The van der Waals surface area contributed by atoms with Crippen molar-refractivity contribution in [2.45, 2.75) is 97.9 Å². The fourth-order valence-electron chi connectivity index (χ4n) is 5.12. The van der Waals surface area contributed by atoms with Gasteiger partial charge in [-0.05, 0) is 0 Å². The Balaban J connectivity index is 2.29. The second-order valence-corrected chi connectivity index (χ2v) is 22.2. The molecule has 3 nitrogen and oxygen atoms in total. The van der Waals surface area contributed by atoms with Crippen LogP contribution < -0.4 is 3.71 Å². The number of unbranched alkanes of at least 4 members (excludes halogenated alkanes) is 3. The molecule has 3 rings (SSSR count). The molecule has 0 amide bonds. The van der Waals surface area contributed by atoms with E-state index in [0.717, 1.165) is 16.5 Å². The first-order valence-electron chi connectivity index (χ1n) is 11.7. The van der Waals surface area contributed by atoms with Gasteiger partial charge in [-0.3, -0.25) is 0 Å². The van der Waals surface area contributed by atoms with E-state index in [1.807, 2.05) is 12.3 Å². The molecular formula is C24H36ClN3Sn. The summed E-state index contributed by atoms with van der Waals surface area (Å²) in [5.41, 5.74) is 2.12. The van der Waals surface area contributed by atoms with Crippen molar-refractivity contribution in [1.29, 1.82) is 5.26 Å². The summed E-state index contributed by atoms with van der Waals surface area (Å²) in [7, 11) is 0. The van der Waals surface area contributed by atoms with Crippen LogP contribution in [0.4, 0.5) is 0 Å². The topological polar surface area (TPSA) is 41.6 Å². The van der Waals surface area contributed by atoms with Crippen molar-refractivity contribution >= 4 is 44.6 Å². The van der Waals surface area contributed by atoms with Gasteiger partial charge < -0.3 is 0 Å². The molecule has 5 heteroatoms.